The largest absolute Gasteiger partial charge is 0.327 e. The maximum atomic E-state index is 13.9. The molecule has 0 amide bonds. The van der Waals surface area contributed by atoms with Crippen LogP contribution < -0.4 is 5.73 Å². The predicted molar refractivity (Wildman–Crippen MR) is 69.8 cm³/mol. The molecule has 1 aromatic carbocycles. The Morgan fingerprint density at radius 3 is 2.24 bits per heavy atom. The van der Waals surface area contributed by atoms with Gasteiger partial charge in [-0.3, -0.25) is 0 Å². The summed E-state index contributed by atoms with van der Waals surface area (Å²) in [6.07, 6.45) is 2.27. The lowest BCUT2D eigenvalue weighted by Gasteiger charge is -2.24. The van der Waals surface area contributed by atoms with E-state index >= 15 is 0 Å². The lowest BCUT2D eigenvalue weighted by molar-refractivity contribution is 0.545. The van der Waals surface area contributed by atoms with E-state index in [1.54, 1.807) is 6.07 Å². The Morgan fingerprint density at radius 1 is 1.24 bits per heavy atom. The first-order valence-electron chi connectivity index (χ1n) is 6.44. The van der Waals surface area contributed by atoms with Gasteiger partial charge in [-0.25, -0.2) is 4.39 Å². The normalized spacial score (nSPS) is 19.5. The number of rotatable bonds is 3. The Morgan fingerprint density at radius 2 is 1.82 bits per heavy atom. The first-order valence-corrected chi connectivity index (χ1v) is 6.44. The van der Waals surface area contributed by atoms with Crippen molar-refractivity contribution in [1.82, 2.24) is 0 Å². The average molecular weight is 235 g/mol. The average Bonchev–Trinajstić information content (AvgIpc) is 2.97. The molecule has 0 heterocycles. The van der Waals surface area contributed by atoms with Crippen LogP contribution in [0.5, 0.6) is 0 Å². The second-order valence-corrected chi connectivity index (χ2v) is 5.79. The zero-order valence-corrected chi connectivity index (χ0v) is 11.2. The molecule has 0 aromatic heterocycles. The summed E-state index contributed by atoms with van der Waals surface area (Å²) >= 11 is 0. The Hall–Kier alpha value is -0.890. The molecule has 2 heteroatoms. The lowest BCUT2D eigenvalue weighted by atomic mass is 9.84. The van der Waals surface area contributed by atoms with Gasteiger partial charge >= 0.3 is 0 Å². The molecule has 0 aliphatic heterocycles. The van der Waals surface area contributed by atoms with Crippen LogP contribution in [-0.4, -0.2) is 6.04 Å². The van der Waals surface area contributed by atoms with Crippen molar-refractivity contribution in [2.24, 2.45) is 5.73 Å². The zero-order chi connectivity index (χ0) is 12.8. The summed E-state index contributed by atoms with van der Waals surface area (Å²) in [5.41, 5.74) is 9.34. The minimum Gasteiger partial charge on any atom is -0.327 e. The minimum atomic E-state index is -0.0817. The van der Waals surface area contributed by atoms with E-state index in [9.17, 15) is 4.39 Å². The molecule has 0 saturated heterocycles. The third-order valence-corrected chi connectivity index (χ3v) is 4.16. The molecule has 1 nitrogen and oxygen atoms in total. The third kappa shape index (κ3) is 1.99. The molecule has 1 atom stereocenters. The SMILES string of the molecule is Cc1cc(F)c(C(C)C)cc1C1(C(C)N)CC1. The van der Waals surface area contributed by atoms with Crippen molar-refractivity contribution in [3.8, 4) is 0 Å². The second-order valence-electron chi connectivity index (χ2n) is 5.79. The molecule has 0 radical (unpaired) electrons. The van der Waals surface area contributed by atoms with E-state index in [1.165, 1.54) is 5.56 Å². The highest BCUT2D eigenvalue weighted by Crippen LogP contribution is 2.51. The summed E-state index contributed by atoms with van der Waals surface area (Å²) in [4.78, 5) is 0. The maximum Gasteiger partial charge on any atom is 0.126 e. The fourth-order valence-corrected chi connectivity index (χ4v) is 2.77. The van der Waals surface area contributed by atoms with Crippen molar-refractivity contribution < 1.29 is 4.39 Å². The van der Waals surface area contributed by atoms with Gasteiger partial charge in [-0.15, -0.1) is 0 Å². The molecule has 17 heavy (non-hydrogen) atoms. The van der Waals surface area contributed by atoms with Crippen LogP contribution in [0.25, 0.3) is 0 Å². The molecule has 0 bridgehead atoms. The van der Waals surface area contributed by atoms with Crippen molar-refractivity contribution in [2.45, 2.75) is 57.9 Å². The van der Waals surface area contributed by atoms with Crippen LogP contribution in [0.3, 0.4) is 0 Å². The number of nitrogens with two attached hydrogens (primary N) is 1. The quantitative estimate of drug-likeness (QED) is 0.850. The number of aryl methyl sites for hydroxylation is 1. The van der Waals surface area contributed by atoms with Crippen molar-refractivity contribution in [1.29, 1.82) is 0 Å². The van der Waals surface area contributed by atoms with Gasteiger partial charge < -0.3 is 5.73 Å². The summed E-state index contributed by atoms with van der Waals surface area (Å²) in [6, 6.07) is 3.87. The van der Waals surface area contributed by atoms with E-state index in [2.05, 4.69) is 6.92 Å². The van der Waals surface area contributed by atoms with E-state index in [0.29, 0.717) is 0 Å². The molecule has 1 aliphatic carbocycles. The highest BCUT2D eigenvalue weighted by atomic mass is 19.1. The van der Waals surface area contributed by atoms with Crippen LogP contribution in [0, 0.1) is 12.7 Å². The van der Waals surface area contributed by atoms with Crippen LogP contribution in [-0.2, 0) is 5.41 Å². The standard InChI is InChI=1S/C15H22FN/c1-9(2)12-8-13(10(3)7-14(12)16)15(5-6-15)11(4)17/h7-9,11H,5-6,17H2,1-4H3. The Balaban J connectivity index is 2.52. The minimum absolute atomic E-state index is 0.0817. The van der Waals surface area contributed by atoms with Gasteiger partial charge in [0.25, 0.3) is 0 Å². The van der Waals surface area contributed by atoms with Gasteiger partial charge in [0.2, 0.25) is 0 Å². The molecule has 1 saturated carbocycles. The molecule has 0 spiro atoms. The van der Waals surface area contributed by atoms with E-state index in [1.807, 2.05) is 26.8 Å². The van der Waals surface area contributed by atoms with E-state index in [0.717, 1.165) is 24.0 Å². The van der Waals surface area contributed by atoms with Gasteiger partial charge in [-0.1, -0.05) is 19.9 Å². The van der Waals surface area contributed by atoms with Crippen molar-refractivity contribution in [3.05, 3.63) is 34.6 Å². The van der Waals surface area contributed by atoms with Gasteiger partial charge in [-0.2, -0.15) is 0 Å². The first kappa shape index (κ1) is 12.6. The van der Waals surface area contributed by atoms with Gasteiger partial charge in [0, 0.05) is 11.5 Å². The fraction of sp³-hybridized carbons (Fsp3) is 0.600. The molecular weight excluding hydrogens is 213 g/mol. The third-order valence-electron chi connectivity index (χ3n) is 4.16. The second kappa shape index (κ2) is 4.09. The summed E-state index contributed by atoms with van der Waals surface area (Å²) in [6.45, 7) is 8.11. The molecule has 1 unspecified atom stereocenters. The monoisotopic (exact) mass is 235 g/mol. The number of halogens is 1. The van der Waals surface area contributed by atoms with Gasteiger partial charge in [0.1, 0.15) is 5.82 Å². The topological polar surface area (TPSA) is 26.0 Å². The molecular formula is C15H22FN. The van der Waals surface area contributed by atoms with E-state index in [-0.39, 0.29) is 23.2 Å². The molecule has 94 valence electrons. The Labute approximate surface area is 103 Å². The molecule has 2 N–H and O–H groups in total. The van der Waals surface area contributed by atoms with Crippen molar-refractivity contribution in [2.75, 3.05) is 0 Å². The van der Waals surface area contributed by atoms with Gasteiger partial charge in [0.15, 0.2) is 0 Å². The van der Waals surface area contributed by atoms with Crippen LogP contribution in [0.15, 0.2) is 12.1 Å². The molecule has 1 fully saturated rings. The van der Waals surface area contributed by atoms with Crippen molar-refractivity contribution in [3.63, 3.8) is 0 Å². The highest BCUT2D eigenvalue weighted by Gasteiger charge is 2.48. The number of hydrogen-bond acceptors (Lipinski definition) is 1. The predicted octanol–water partition coefficient (Wildman–Crippen LogP) is 3.64. The fourth-order valence-electron chi connectivity index (χ4n) is 2.77. The lowest BCUT2D eigenvalue weighted by Crippen LogP contribution is -2.32. The maximum absolute atomic E-state index is 13.9. The van der Waals surface area contributed by atoms with Crippen LogP contribution in [0.4, 0.5) is 4.39 Å². The van der Waals surface area contributed by atoms with Crippen LogP contribution >= 0.6 is 0 Å². The van der Waals surface area contributed by atoms with Crippen LogP contribution in [0.1, 0.15) is 56.2 Å². The number of hydrogen-bond donors (Lipinski definition) is 1. The van der Waals surface area contributed by atoms with Crippen molar-refractivity contribution >= 4 is 0 Å². The zero-order valence-electron chi connectivity index (χ0n) is 11.2. The summed E-state index contributed by atoms with van der Waals surface area (Å²) in [5, 5.41) is 0. The van der Waals surface area contributed by atoms with E-state index < -0.39 is 0 Å². The Kier molecular flexibility index (Phi) is 3.03. The van der Waals surface area contributed by atoms with E-state index in [4.69, 9.17) is 5.73 Å². The van der Waals surface area contributed by atoms with Gasteiger partial charge in [-0.05, 0) is 55.4 Å². The highest BCUT2D eigenvalue weighted by molar-refractivity contribution is 5.43. The summed E-state index contributed by atoms with van der Waals surface area (Å²) in [5.74, 6) is 0.139. The first-order chi connectivity index (χ1) is 7.88. The molecule has 1 aliphatic rings. The smallest absolute Gasteiger partial charge is 0.126 e. The number of benzene rings is 1. The summed E-state index contributed by atoms with van der Waals surface area (Å²) < 4.78 is 13.9. The summed E-state index contributed by atoms with van der Waals surface area (Å²) in [7, 11) is 0. The van der Waals surface area contributed by atoms with Gasteiger partial charge in [0.05, 0.1) is 0 Å². The van der Waals surface area contributed by atoms with Crippen LogP contribution in [0.2, 0.25) is 0 Å². The Bertz CT molecular complexity index is 431. The molecule has 2 rings (SSSR count). The molecule has 1 aromatic rings.